The second kappa shape index (κ2) is 8.88. The van der Waals surface area contributed by atoms with Crippen LogP contribution in [0.2, 0.25) is 0 Å². The Labute approximate surface area is 164 Å². The minimum atomic E-state index is -4.34. The number of phenolic OH excluding ortho intramolecular Hbond substituents is 1. The Morgan fingerprint density at radius 3 is 2.00 bits per heavy atom. The molecule has 0 amide bonds. The van der Waals surface area contributed by atoms with Crippen molar-refractivity contribution in [1.29, 1.82) is 0 Å². The van der Waals surface area contributed by atoms with Crippen molar-refractivity contribution in [3.05, 3.63) is 89.5 Å². The van der Waals surface area contributed by atoms with Crippen molar-refractivity contribution in [3.63, 3.8) is 0 Å². The molecule has 1 N–H and O–H groups in total. The molecule has 3 aromatic carbocycles. The van der Waals surface area contributed by atoms with Gasteiger partial charge in [-0.15, -0.1) is 4.33 Å². The van der Waals surface area contributed by atoms with Crippen LogP contribution in [0.1, 0.15) is 16.7 Å². The number of hydrogen-bond donors (Lipinski definition) is 1. The van der Waals surface area contributed by atoms with E-state index < -0.39 is 20.8 Å². The predicted octanol–water partition coefficient (Wildman–Crippen LogP) is 4.12. The van der Waals surface area contributed by atoms with Crippen LogP contribution in [0.15, 0.2) is 77.7 Å². The lowest BCUT2D eigenvalue weighted by Crippen LogP contribution is -2.09. The van der Waals surface area contributed by atoms with Gasteiger partial charge < -0.3 is 9.84 Å². The molecule has 146 valence electrons. The van der Waals surface area contributed by atoms with Crippen LogP contribution in [0, 0.1) is 6.92 Å². The van der Waals surface area contributed by atoms with Gasteiger partial charge in [0.15, 0.2) is 11.5 Å². The number of hydrogen-bond acceptors (Lipinski definition) is 6. The van der Waals surface area contributed by atoms with E-state index in [-0.39, 0.29) is 19.0 Å². The number of benzene rings is 3. The van der Waals surface area contributed by atoms with Gasteiger partial charge in [-0.05, 0) is 29.7 Å². The van der Waals surface area contributed by atoms with Crippen molar-refractivity contribution in [2.45, 2.75) is 25.0 Å². The second-order valence-corrected chi connectivity index (χ2v) is 7.59. The van der Waals surface area contributed by atoms with Crippen LogP contribution in [0.5, 0.6) is 11.5 Å². The largest absolute Gasteiger partial charge is 0.503 e. The molecule has 3 aromatic rings. The Bertz CT molecular complexity index is 1020. The summed E-state index contributed by atoms with van der Waals surface area (Å²) >= 11 is 0. The third-order valence-corrected chi connectivity index (χ3v) is 5.14. The summed E-state index contributed by atoms with van der Waals surface area (Å²) < 4.78 is 35.1. The van der Waals surface area contributed by atoms with Gasteiger partial charge in [0.05, 0.1) is 0 Å². The Morgan fingerprint density at radius 1 is 0.821 bits per heavy atom. The molecule has 0 unspecified atom stereocenters. The average Bonchev–Trinajstić information content (AvgIpc) is 2.69. The normalized spacial score (nSPS) is 11.3. The van der Waals surface area contributed by atoms with Gasteiger partial charge in [0.2, 0.25) is 0 Å². The lowest BCUT2D eigenvalue weighted by molar-refractivity contribution is -0.212. The Kier molecular flexibility index (Phi) is 6.30. The van der Waals surface area contributed by atoms with Crippen LogP contribution >= 0.6 is 0 Å². The summed E-state index contributed by atoms with van der Waals surface area (Å²) in [7, 11) is -4.34. The zero-order valence-electron chi connectivity index (χ0n) is 15.2. The highest BCUT2D eigenvalue weighted by molar-refractivity contribution is 7.86. The number of ether oxygens (including phenoxy) is 1. The van der Waals surface area contributed by atoms with Crippen molar-refractivity contribution in [2.75, 3.05) is 0 Å². The second-order valence-electron chi connectivity index (χ2n) is 6.10. The molecular formula is C21H20O6S. The summed E-state index contributed by atoms with van der Waals surface area (Å²) in [6, 6.07) is 21.1. The fourth-order valence-electron chi connectivity index (χ4n) is 2.53. The SMILES string of the molecule is Cc1ccc(S(=O)(=O)OOCc2ccccc2)c(O)c1OCc1ccccc1. The molecule has 0 aliphatic carbocycles. The summed E-state index contributed by atoms with van der Waals surface area (Å²) in [6.45, 7) is 1.84. The van der Waals surface area contributed by atoms with E-state index in [0.717, 1.165) is 11.1 Å². The Balaban J connectivity index is 1.73. The zero-order chi connectivity index (χ0) is 20.0. The first-order valence-electron chi connectivity index (χ1n) is 8.57. The molecule has 0 saturated heterocycles. The third-order valence-electron chi connectivity index (χ3n) is 3.99. The van der Waals surface area contributed by atoms with Crippen molar-refractivity contribution in [2.24, 2.45) is 0 Å². The van der Waals surface area contributed by atoms with Crippen LogP contribution in [-0.2, 0) is 32.6 Å². The smallest absolute Gasteiger partial charge is 0.327 e. The highest BCUT2D eigenvalue weighted by Crippen LogP contribution is 2.37. The van der Waals surface area contributed by atoms with Gasteiger partial charge in [-0.3, -0.25) is 0 Å². The van der Waals surface area contributed by atoms with Crippen molar-refractivity contribution < 1.29 is 27.5 Å². The van der Waals surface area contributed by atoms with Gasteiger partial charge in [0.1, 0.15) is 18.1 Å². The molecule has 0 aromatic heterocycles. The van der Waals surface area contributed by atoms with Gasteiger partial charge in [-0.25, -0.2) is 4.89 Å². The minimum Gasteiger partial charge on any atom is -0.503 e. The highest BCUT2D eigenvalue weighted by atomic mass is 32.2. The molecule has 0 saturated carbocycles. The van der Waals surface area contributed by atoms with E-state index in [0.29, 0.717) is 5.56 Å². The first-order valence-corrected chi connectivity index (χ1v) is 9.97. The maximum absolute atomic E-state index is 12.4. The average molecular weight is 400 g/mol. The molecule has 0 heterocycles. The fraction of sp³-hybridized carbons (Fsp3) is 0.143. The molecule has 0 bridgehead atoms. The molecule has 0 fully saturated rings. The Hall–Kier alpha value is -2.87. The van der Waals surface area contributed by atoms with Crippen molar-refractivity contribution in [3.8, 4) is 11.5 Å². The monoisotopic (exact) mass is 400 g/mol. The molecule has 0 aliphatic heterocycles. The van der Waals surface area contributed by atoms with Gasteiger partial charge in [0.25, 0.3) is 0 Å². The summed E-state index contributed by atoms with van der Waals surface area (Å²) in [4.78, 5) is 4.43. The molecule has 6 nitrogen and oxygen atoms in total. The molecule has 0 spiro atoms. The van der Waals surface area contributed by atoms with Gasteiger partial charge in [-0.1, -0.05) is 66.7 Å². The quantitative estimate of drug-likeness (QED) is 0.453. The van der Waals surface area contributed by atoms with E-state index in [1.807, 2.05) is 36.4 Å². The van der Waals surface area contributed by atoms with Crippen molar-refractivity contribution in [1.82, 2.24) is 0 Å². The zero-order valence-corrected chi connectivity index (χ0v) is 16.1. The minimum absolute atomic E-state index is 0.0515. The molecular weight excluding hydrogens is 380 g/mol. The summed E-state index contributed by atoms with van der Waals surface area (Å²) in [5.41, 5.74) is 2.23. The summed E-state index contributed by atoms with van der Waals surface area (Å²) in [5, 5.41) is 10.5. The van der Waals surface area contributed by atoms with Crippen LogP contribution < -0.4 is 4.74 Å². The van der Waals surface area contributed by atoms with Gasteiger partial charge in [0, 0.05) is 0 Å². The predicted molar refractivity (Wildman–Crippen MR) is 103 cm³/mol. The number of aromatic hydroxyl groups is 1. The summed E-state index contributed by atoms with van der Waals surface area (Å²) in [6.07, 6.45) is 0. The van der Waals surface area contributed by atoms with Crippen LogP contribution in [-0.4, -0.2) is 13.5 Å². The lowest BCUT2D eigenvalue weighted by Gasteiger charge is -2.14. The number of aryl methyl sites for hydroxylation is 1. The van der Waals surface area contributed by atoms with Crippen LogP contribution in [0.25, 0.3) is 0 Å². The standard InChI is InChI=1S/C21H20O6S/c1-16-12-13-19(20(22)21(16)25-14-17-8-4-2-5-9-17)28(23,24)27-26-15-18-10-6-3-7-11-18/h2-13,22H,14-15H2,1H3. The molecule has 0 radical (unpaired) electrons. The molecule has 0 atom stereocenters. The summed E-state index contributed by atoms with van der Waals surface area (Å²) in [5.74, 6) is -0.434. The van der Waals surface area contributed by atoms with E-state index in [4.69, 9.17) is 9.62 Å². The highest BCUT2D eigenvalue weighted by Gasteiger charge is 2.25. The molecule has 0 aliphatic rings. The van der Waals surface area contributed by atoms with E-state index in [2.05, 4.69) is 4.33 Å². The van der Waals surface area contributed by atoms with Crippen LogP contribution in [0.3, 0.4) is 0 Å². The van der Waals surface area contributed by atoms with Gasteiger partial charge in [-0.2, -0.15) is 8.42 Å². The van der Waals surface area contributed by atoms with E-state index in [1.165, 1.54) is 12.1 Å². The Morgan fingerprint density at radius 2 is 1.39 bits per heavy atom. The number of phenols is 1. The fourth-order valence-corrected chi connectivity index (χ4v) is 3.35. The van der Waals surface area contributed by atoms with E-state index in [1.54, 1.807) is 31.2 Å². The van der Waals surface area contributed by atoms with Crippen LogP contribution in [0.4, 0.5) is 0 Å². The maximum atomic E-state index is 12.4. The van der Waals surface area contributed by atoms with E-state index >= 15 is 0 Å². The number of rotatable bonds is 8. The maximum Gasteiger partial charge on any atom is 0.327 e. The first-order chi connectivity index (χ1) is 13.5. The van der Waals surface area contributed by atoms with Gasteiger partial charge >= 0.3 is 10.1 Å². The van der Waals surface area contributed by atoms with E-state index in [9.17, 15) is 13.5 Å². The first kappa shape index (κ1) is 19.9. The van der Waals surface area contributed by atoms with Crippen molar-refractivity contribution >= 4 is 10.1 Å². The lowest BCUT2D eigenvalue weighted by atomic mass is 10.2. The third kappa shape index (κ3) is 4.89. The molecule has 7 heteroatoms. The molecule has 28 heavy (non-hydrogen) atoms. The molecule has 3 rings (SSSR count). The topological polar surface area (TPSA) is 82.1 Å².